The van der Waals surface area contributed by atoms with E-state index in [0.29, 0.717) is 21.4 Å². The van der Waals surface area contributed by atoms with Gasteiger partial charge in [-0.15, -0.1) is 22.7 Å². The van der Waals surface area contributed by atoms with E-state index in [0.717, 1.165) is 31.5 Å². The van der Waals surface area contributed by atoms with E-state index in [9.17, 15) is 9.59 Å². The molecule has 2 aromatic heterocycles. The Balaban J connectivity index is 1.25. The maximum atomic E-state index is 12.8. The van der Waals surface area contributed by atoms with Crippen LogP contribution in [-0.2, 0) is 0 Å². The normalized spacial score (nSPS) is 10.7. The first kappa shape index (κ1) is 24.5. The quantitative estimate of drug-likeness (QED) is 0.197. The highest BCUT2D eigenvalue weighted by molar-refractivity contribution is 9.10. The lowest BCUT2D eigenvalue weighted by Gasteiger charge is -2.05. The van der Waals surface area contributed by atoms with Crippen molar-refractivity contribution in [2.45, 2.75) is 0 Å². The highest BCUT2D eigenvalue weighted by atomic mass is 79.9. The second-order valence-corrected chi connectivity index (χ2v) is 11.1. The molecule has 10 heteroatoms. The molecule has 6 nitrogen and oxygen atoms in total. The predicted molar refractivity (Wildman–Crippen MR) is 153 cm³/mol. The molecule has 0 aliphatic carbocycles. The number of hydrogen-bond acceptors (Lipinski definition) is 6. The molecule has 2 amide bonds. The summed E-state index contributed by atoms with van der Waals surface area (Å²) in [6.45, 7) is 0. The van der Waals surface area contributed by atoms with Crippen molar-refractivity contribution in [3.05, 3.63) is 104 Å². The van der Waals surface area contributed by atoms with Crippen molar-refractivity contribution in [1.82, 2.24) is 9.97 Å². The second-order valence-electron chi connectivity index (χ2n) is 7.58. The number of anilines is 2. The molecule has 178 valence electrons. The van der Waals surface area contributed by atoms with Gasteiger partial charge in [-0.3, -0.25) is 20.2 Å². The van der Waals surface area contributed by atoms with Crippen LogP contribution < -0.4 is 10.6 Å². The standard InChI is InChI=1S/C26H16Br2N4O2S2/c27-19-8-4-15(5-9-19)21-13-35-25(29-21)31-23(33)17-2-1-3-18(12-17)24(34)32-26-30-22(14-36-26)16-6-10-20(28)11-7-16/h1-14H,(H,29,31,33)(H,30,32,34). The molecule has 5 rings (SSSR count). The zero-order chi connectivity index (χ0) is 25.1. The molecule has 0 bridgehead atoms. The molecular formula is C26H16Br2N4O2S2. The third kappa shape index (κ3) is 5.79. The first-order valence-corrected chi connectivity index (χ1v) is 13.9. The predicted octanol–water partition coefficient (Wildman–Crippen LogP) is 7.96. The molecule has 36 heavy (non-hydrogen) atoms. The van der Waals surface area contributed by atoms with E-state index in [4.69, 9.17) is 0 Å². The van der Waals surface area contributed by atoms with E-state index in [1.54, 1.807) is 24.3 Å². The van der Waals surface area contributed by atoms with Crippen LogP contribution in [0.2, 0.25) is 0 Å². The van der Waals surface area contributed by atoms with Crippen molar-refractivity contribution in [3.63, 3.8) is 0 Å². The fourth-order valence-electron chi connectivity index (χ4n) is 3.31. The summed E-state index contributed by atoms with van der Waals surface area (Å²) in [4.78, 5) is 34.7. The molecule has 0 fully saturated rings. The van der Waals surface area contributed by atoms with Crippen LogP contribution in [0.5, 0.6) is 0 Å². The fourth-order valence-corrected chi connectivity index (χ4v) is 5.27. The Morgan fingerprint density at radius 2 is 1.06 bits per heavy atom. The lowest BCUT2D eigenvalue weighted by atomic mass is 10.1. The van der Waals surface area contributed by atoms with Crippen molar-refractivity contribution >= 4 is 76.6 Å². The number of benzene rings is 3. The van der Waals surface area contributed by atoms with Gasteiger partial charge in [-0.05, 0) is 42.5 Å². The monoisotopic (exact) mass is 638 g/mol. The Kier molecular flexibility index (Phi) is 7.38. The number of nitrogens with zero attached hydrogens (tertiary/aromatic N) is 2. The average molecular weight is 640 g/mol. The number of carbonyl (C=O) groups is 2. The van der Waals surface area contributed by atoms with E-state index < -0.39 is 0 Å². The Hall–Kier alpha value is -3.18. The molecule has 2 heterocycles. The molecule has 5 aromatic rings. The fraction of sp³-hybridized carbons (Fsp3) is 0. The van der Waals surface area contributed by atoms with Crippen molar-refractivity contribution in [2.24, 2.45) is 0 Å². The summed E-state index contributed by atoms with van der Waals surface area (Å²) in [5.74, 6) is -0.679. The van der Waals surface area contributed by atoms with Crippen molar-refractivity contribution < 1.29 is 9.59 Å². The number of hydrogen-bond donors (Lipinski definition) is 2. The van der Waals surface area contributed by atoms with Crippen LogP contribution in [0.3, 0.4) is 0 Å². The molecule has 0 radical (unpaired) electrons. The SMILES string of the molecule is O=C(Nc1nc(-c2ccc(Br)cc2)cs1)c1cccc(C(=O)Nc2nc(-c3ccc(Br)cc3)cs2)c1. The van der Waals surface area contributed by atoms with Crippen molar-refractivity contribution in [3.8, 4) is 22.5 Å². The Morgan fingerprint density at radius 3 is 1.47 bits per heavy atom. The topological polar surface area (TPSA) is 84.0 Å². The molecule has 0 saturated heterocycles. The zero-order valence-corrected chi connectivity index (χ0v) is 23.2. The van der Waals surface area contributed by atoms with E-state index >= 15 is 0 Å². The van der Waals surface area contributed by atoms with E-state index in [2.05, 4.69) is 52.5 Å². The molecule has 0 saturated carbocycles. The highest BCUT2D eigenvalue weighted by Crippen LogP contribution is 2.28. The Bertz CT molecular complexity index is 1430. The number of rotatable bonds is 6. The van der Waals surface area contributed by atoms with E-state index in [1.165, 1.54) is 22.7 Å². The molecule has 0 aliphatic rings. The van der Waals surface area contributed by atoms with Gasteiger partial charge >= 0.3 is 0 Å². The van der Waals surface area contributed by atoms with Gasteiger partial charge in [0.2, 0.25) is 0 Å². The van der Waals surface area contributed by atoms with Crippen molar-refractivity contribution in [1.29, 1.82) is 0 Å². The van der Waals surface area contributed by atoms with Gasteiger partial charge < -0.3 is 0 Å². The molecule has 0 aliphatic heterocycles. The molecule has 0 spiro atoms. The first-order chi connectivity index (χ1) is 17.4. The van der Waals surface area contributed by atoms with Crippen LogP contribution in [0, 0.1) is 0 Å². The average Bonchev–Trinajstić information content (AvgIpc) is 3.55. The maximum Gasteiger partial charge on any atom is 0.257 e. The number of thiazole rings is 2. The summed E-state index contributed by atoms with van der Waals surface area (Å²) in [5, 5.41) is 10.4. The minimum absolute atomic E-state index is 0.340. The van der Waals surface area contributed by atoms with Gasteiger partial charge in [0.1, 0.15) is 0 Å². The zero-order valence-electron chi connectivity index (χ0n) is 18.4. The Morgan fingerprint density at radius 1 is 0.639 bits per heavy atom. The third-order valence-electron chi connectivity index (χ3n) is 5.12. The largest absolute Gasteiger partial charge is 0.298 e. The number of aromatic nitrogens is 2. The number of carbonyl (C=O) groups excluding carboxylic acids is 2. The third-order valence-corrected chi connectivity index (χ3v) is 7.69. The summed E-state index contributed by atoms with van der Waals surface area (Å²) in [6, 6.07) is 22.1. The van der Waals surface area contributed by atoms with Gasteiger partial charge in [-0.1, -0.05) is 62.2 Å². The molecular weight excluding hydrogens is 624 g/mol. The Labute approximate surface area is 231 Å². The second kappa shape index (κ2) is 10.8. The minimum atomic E-state index is -0.340. The van der Waals surface area contributed by atoms with Crippen LogP contribution in [0.15, 0.2) is 92.5 Å². The minimum Gasteiger partial charge on any atom is -0.298 e. The summed E-state index contributed by atoms with van der Waals surface area (Å²) in [5.41, 5.74) is 4.19. The van der Waals surface area contributed by atoms with Gasteiger partial charge in [0, 0.05) is 42.0 Å². The lowest BCUT2D eigenvalue weighted by Crippen LogP contribution is -2.15. The molecule has 0 unspecified atom stereocenters. The number of amides is 2. The van der Waals surface area contributed by atoms with E-state index in [-0.39, 0.29) is 11.8 Å². The van der Waals surface area contributed by atoms with Crippen LogP contribution in [-0.4, -0.2) is 21.8 Å². The van der Waals surface area contributed by atoms with Gasteiger partial charge in [0.15, 0.2) is 10.3 Å². The van der Waals surface area contributed by atoms with E-state index in [1.807, 2.05) is 59.3 Å². The molecule has 3 aromatic carbocycles. The van der Waals surface area contributed by atoms with Gasteiger partial charge in [-0.25, -0.2) is 9.97 Å². The molecule has 0 atom stereocenters. The maximum absolute atomic E-state index is 12.8. The number of nitrogens with one attached hydrogen (secondary N) is 2. The summed E-state index contributed by atoms with van der Waals surface area (Å²) < 4.78 is 1.97. The molecule has 2 N–H and O–H groups in total. The smallest absolute Gasteiger partial charge is 0.257 e. The van der Waals surface area contributed by atoms with Gasteiger partial charge in [-0.2, -0.15) is 0 Å². The van der Waals surface area contributed by atoms with Crippen LogP contribution >= 0.6 is 54.5 Å². The van der Waals surface area contributed by atoms with Crippen LogP contribution in [0.1, 0.15) is 20.7 Å². The lowest BCUT2D eigenvalue weighted by molar-refractivity contribution is 0.102. The summed E-state index contributed by atoms with van der Waals surface area (Å²) in [6.07, 6.45) is 0. The summed E-state index contributed by atoms with van der Waals surface area (Å²) >= 11 is 9.53. The summed E-state index contributed by atoms with van der Waals surface area (Å²) in [7, 11) is 0. The van der Waals surface area contributed by atoms with Crippen LogP contribution in [0.4, 0.5) is 10.3 Å². The first-order valence-electron chi connectivity index (χ1n) is 10.6. The number of halogens is 2. The van der Waals surface area contributed by atoms with Crippen LogP contribution in [0.25, 0.3) is 22.5 Å². The van der Waals surface area contributed by atoms with Gasteiger partial charge in [0.25, 0.3) is 11.8 Å². The van der Waals surface area contributed by atoms with Gasteiger partial charge in [0.05, 0.1) is 11.4 Å². The highest BCUT2D eigenvalue weighted by Gasteiger charge is 2.14. The van der Waals surface area contributed by atoms with Crippen molar-refractivity contribution in [2.75, 3.05) is 10.6 Å².